The summed E-state index contributed by atoms with van der Waals surface area (Å²) in [4.78, 5) is 26.4. The molecule has 0 heterocycles. The first-order valence-corrected chi connectivity index (χ1v) is 14.6. The van der Waals surface area contributed by atoms with Gasteiger partial charge in [-0.3, -0.25) is 0 Å². The van der Waals surface area contributed by atoms with Gasteiger partial charge in [-0.2, -0.15) is 0 Å². The van der Waals surface area contributed by atoms with Gasteiger partial charge in [0.1, 0.15) is 24.4 Å². The molecule has 1 aliphatic carbocycles. The van der Waals surface area contributed by atoms with Gasteiger partial charge in [0.15, 0.2) is 12.2 Å². The molecule has 4 aromatic carbocycles. The molecule has 1 saturated carbocycles. The third kappa shape index (κ3) is 7.76. The van der Waals surface area contributed by atoms with E-state index >= 15 is 0 Å². The average molecular weight is 648 g/mol. The van der Waals surface area contributed by atoms with Crippen LogP contribution in [0.15, 0.2) is 120 Å². The van der Waals surface area contributed by atoms with Crippen molar-refractivity contribution in [1.82, 2.24) is 0 Å². The fraction of sp³-hybridized carbons (Fsp3) is 0.235. The Bertz CT molecular complexity index is 1470. The van der Waals surface area contributed by atoms with Crippen molar-refractivity contribution in [2.45, 2.75) is 49.8 Å². The Balaban J connectivity index is 1.46. The molecule has 0 amide bonds. The number of hydrogen-bond acceptors (Lipinski definition) is 8. The van der Waals surface area contributed by atoms with Crippen LogP contribution >= 0.6 is 15.9 Å². The first-order chi connectivity index (χ1) is 20.9. The van der Waals surface area contributed by atoms with Crippen molar-refractivity contribution < 1.29 is 38.7 Å². The summed E-state index contributed by atoms with van der Waals surface area (Å²) < 4.78 is 24.6. The zero-order chi connectivity index (χ0) is 30.2. The Kier molecular flexibility index (Phi) is 10.3. The molecule has 4 aromatic rings. The first-order valence-electron chi connectivity index (χ1n) is 13.8. The molecule has 0 radical (unpaired) electrons. The van der Waals surface area contributed by atoms with E-state index < -0.39 is 48.6 Å². The van der Waals surface area contributed by atoms with Gasteiger partial charge >= 0.3 is 11.9 Å². The predicted octanol–water partition coefficient (Wildman–Crippen LogP) is 5.11. The Morgan fingerprint density at radius 3 is 1.35 bits per heavy atom. The molecule has 2 N–H and O–H groups in total. The van der Waals surface area contributed by atoms with Gasteiger partial charge in [0.25, 0.3) is 0 Å². The van der Waals surface area contributed by atoms with Gasteiger partial charge in [-0.1, -0.05) is 94.8 Å². The van der Waals surface area contributed by atoms with Crippen LogP contribution in [0.4, 0.5) is 0 Å². The van der Waals surface area contributed by atoms with Crippen LogP contribution in [-0.2, 0) is 32.2 Å². The molecule has 0 spiro atoms. The summed E-state index contributed by atoms with van der Waals surface area (Å²) in [5, 5.41) is 23.4. The zero-order valence-corrected chi connectivity index (χ0v) is 24.7. The first kappa shape index (κ1) is 30.6. The highest BCUT2D eigenvalue weighted by Gasteiger charge is 2.55. The molecule has 0 saturated heterocycles. The lowest BCUT2D eigenvalue weighted by atomic mass is 9.84. The van der Waals surface area contributed by atoms with E-state index in [1.165, 1.54) is 0 Å². The number of carbonyl (C=O) groups is 2. The Morgan fingerprint density at radius 2 is 0.907 bits per heavy atom. The van der Waals surface area contributed by atoms with Crippen LogP contribution in [0.2, 0.25) is 0 Å². The van der Waals surface area contributed by atoms with E-state index in [-0.39, 0.29) is 24.3 Å². The van der Waals surface area contributed by atoms with Crippen LogP contribution in [0.3, 0.4) is 0 Å². The van der Waals surface area contributed by atoms with Crippen LogP contribution in [0.5, 0.6) is 0 Å². The zero-order valence-electron chi connectivity index (χ0n) is 23.1. The standard InChI is InChI=1S/C34H31BrO8/c35-26-18-16-25(17-19-26)34(39)43-32-28(37)31(42-33(38)24-14-8-3-9-15-24)29(40-20-22-10-4-1-5-11-22)27(36)30(32)41-21-23-12-6-2-7-13-23/h1-19,27-32,36-37H,20-21H2/t27-,28+,29-,30+,31-,32+/m0/s1. The number of halogens is 1. The lowest BCUT2D eigenvalue weighted by molar-refractivity contribution is -0.249. The Morgan fingerprint density at radius 1 is 0.535 bits per heavy atom. The van der Waals surface area contributed by atoms with Crippen LogP contribution in [0, 0.1) is 0 Å². The van der Waals surface area contributed by atoms with E-state index in [1.54, 1.807) is 54.6 Å². The second kappa shape index (κ2) is 14.5. The molecular weight excluding hydrogens is 616 g/mol. The number of carbonyl (C=O) groups excluding carboxylic acids is 2. The van der Waals surface area contributed by atoms with Crippen molar-refractivity contribution in [3.05, 3.63) is 142 Å². The van der Waals surface area contributed by atoms with Crippen molar-refractivity contribution in [2.24, 2.45) is 0 Å². The number of aliphatic hydroxyl groups excluding tert-OH is 2. The lowest BCUT2D eigenvalue weighted by Gasteiger charge is -2.46. The Labute approximate surface area is 257 Å². The minimum absolute atomic E-state index is 0.0570. The summed E-state index contributed by atoms with van der Waals surface area (Å²) in [7, 11) is 0. The van der Waals surface area contributed by atoms with Gasteiger partial charge in [-0.15, -0.1) is 0 Å². The fourth-order valence-corrected chi connectivity index (χ4v) is 5.15. The number of hydrogen-bond donors (Lipinski definition) is 2. The highest BCUT2D eigenvalue weighted by molar-refractivity contribution is 9.10. The van der Waals surface area contributed by atoms with Gasteiger partial charge in [0, 0.05) is 4.47 Å². The van der Waals surface area contributed by atoms with Crippen LogP contribution < -0.4 is 0 Å². The summed E-state index contributed by atoms with van der Waals surface area (Å²) in [6.45, 7) is 0.116. The Hall–Kier alpha value is -3.86. The number of benzene rings is 4. The van der Waals surface area contributed by atoms with Crippen LogP contribution in [0.1, 0.15) is 31.8 Å². The number of rotatable bonds is 10. The molecule has 6 atom stereocenters. The SMILES string of the molecule is O=C(O[C@@H]1[C@H](O)[C@H](OC(=O)c2ccccc2)[C@@H](OCc2ccccc2)[C@H](O)[C@H]1OCc1ccccc1)c1ccc(Br)cc1. The van der Waals surface area contributed by atoms with Crippen molar-refractivity contribution in [3.8, 4) is 0 Å². The molecular formula is C34H31BrO8. The topological polar surface area (TPSA) is 112 Å². The molecule has 0 bridgehead atoms. The lowest BCUT2D eigenvalue weighted by Crippen LogP contribution is -2.66. The van der Waals surface area contributed by atoms with Crippen molar-refractivity contribution >= 4 is 27.9 Å². The van der Waals surface area contributed by atoms with E-state index in [0.717, 1.165) is 15.6 Å². The van der Waals surface area contributed by atoms with E-state index in [4.69, 9.17) is 18.9 Å². The van der Waals surface area contributed by atoms with Gasteiger partial charge in [-0.25, -0.2) is 9.59 Å². The van der Waals surface area contributed by atoms with E-state index in [0.29, 0.717) is 0 Å². The molecule has 8 nitrogen and oxygen atoms in total. The summed E-state index contributed by atoms with van der Waals surface area (Å²) in [5.41, 5.74) is 2.09. The summed E-state index contributed by atoms with van der Waals surface area (Å²) >= 11 is 3.34. The molecule has 222 valence electrons. The third-order valence-corrected chi connectivity index (χ3v) is 7.67. The summed E-state index contributed by atoms with van der Waals surface area (Å²) in [6, 6.07) is 33.3. The molecule has 5 rings (SSSR count). The third-order valence-electron chi connectivity index (χ3n) is 7.14. The average Bonchev–Trinajstić information content (AvgIpc) is 3.04. The van der Waals surface area contributed by atoms with E-state index in [1.807, 2.05) is 60.7 Å². The maximum absolute atomic E-state index is 13.2. The van der Waals surface area contributed by atoms with Crippen molar-refractivity contribution in [3.63, 3.8) is 0 Å². The second-order valence-corrected chi connectivity index (χ2v) is 11.0. The monoisotopic (exact) mass is 646 g/mol. The maximum Gasteiger partial charge on any atom is 0.338 e. The summed E-state index contributed by atoms with van der Waals surface area (Å²) in [6.07, 6.45) is -8.29. The highest BCUT2D eigenvalue weighted by Crippen LogP contribution is 2.32. The highest BCUT2D eigenvalue weighted by atomic mass is 79.9. The number of aliphatic hydroxyl groups is 2. The number of ether oxygens (including phenoxy) is 4. The van der Waals surface area contributed by atoms with E-state index in [2.05, 4.69) is 15.9 Å². The van der Waals surface area contributed by atoms with Crippen LogP contribution in [0.25, 0.3) is 0 Å². The molecule has 1 aliphatic rings. The minimum atomic E-state index is -1.60. The van der Waals surface area contributed by atoms with Gasteiger partial charge in [-0.05, 0) is 47.5 Å². The summed E-state index contributed by atoms with van der Waals surface area (Å²) in [5.74, 6) is -1.47. The molecule has 0 aromatic heterocycles. The minimum Gasteiger partial charge on any atom is -0.453 e. The molecule has 43 heavy (non-hydrogen) atoms. The molecule has 9 heteroatoms. The van der Waals surface area contributed by atoms with Gasteiger partial charge < -0.3 is 29.2 Å². The molecule has 0 aliphatic heterocycles. The van der Waals surface area contributed by atoms with Gasteiger partial charge in [0.05, 0.1) is 24.3 Å². The second-order valence-electron chi connectivity index (χ2n) is 10.1. The molecule has 0 unspecified atom stereocenters. The van der Waals surface area contributed by atoms with E-state index in [9.17, 15) is 19.8 Å². The predicted molar refractivity (Wildman–Crippen MR) is 161 cm³/mol. The smallest absolute Gasteiger partial charge is 0.338 e. The van der Waals surface area contributed by atoms with Crippen molar-refractivity contribution in [1.29, 1.82) is 0 Å². The largest absolute Gasteiger partial charge is 0.453 e. The van der Waals surface area contributed by atoms with Crippen LogP contribution in [-0.4, -0.2) is 58.8 Å². The normalized spacial score (nSPS) is 23.3. The van der Waals surface area contributed by atoms with Gasteiger partial charge in [0.2, 0.25) is 0 Å². The maximum atomic E-state index is 13.2. The quantitative estimate of drug-likeness (QED) is 0.229. The fourth-order valence-electron chi connectivity index (χ4n) is 4.89. The number of esters is 2. The van der Waals surface area contributed by atoms with Crippen molar-refractivity contribution in [2.75, 3.05) is 0 Å². The molecule has 1 fully saturated rings.